The molecule has 1 fully saturated rings. The quantitative estimate of drug-likeness (QED) is 0.435. The molecular weight excluding hydrogens is 497 g/mol. The van der Waals surface area contributed by atoms with Crippen LogP contribution in [-0.2, 0) is 35.8 Å². The van der Waals surface area contributed by atoms with Gasteiger partial charge in [-0.1, -0.05) is 28.1 Å². The fraction of sp³-hybridized carbons (Fsp3) is 0.556. The van der Waals surface area contributed by atoms with Crippen LogP contribution in [-0.4, -0.2) is 42.9 Å². The lowest BCUT2D eigenvalue weighted by Gasteiger charge is -2.28. The van der Waals surface area contributed by atoms with Crippen LogP contribution in [0.1, 0.15) is 31.2 Å². The summed E-state index contributed by atoms with van der Waals surface area (Å²) in [6.45, 7) is 0.0803. The number of halogens is 4. The molecule has 168 valence electrons. The van der Waals surface area contributed by atoms with Gasteiger partial charge >= 0.3 is 18.1 Å². The molecule has 0 radical (unpaired) electrons. The first-order valence-corrected chi connectivity index (χ1v) is 11.4. The maximum absolute atomic E-state index is 12.9. The zero-order valence-electron chi connectivity index (χ0n) is 15.6. The molecule has 2 rings (SSSR count). The number of carbonyl (C=O) groups excluding carboxylic acids is 2. The van der Waals surface area contributed by atoms with Crippen LogP contribution in [0.15, 0.2) is 28.7 Å². The average molecular weight is 517 g/mol. The van der Waals surface area contributed by atoms with Gasteiger partial charge in [0.05, 0.1) is 11.8 Å². The summed E-state index contributed by atoms with van der Waals surface area (Å²) in [5.41, 5.74) is 0.792. The van der Waals surface area contributed by atoms with Gasteiger partial charge in [0.1, 0.15) is 12.4 Å². The number of rotatable bonds is 7. The molecule has 0 heterocycles. The van der Waals surface area contributed by atoms with Crippen molar-refractivity contribution in [2.75, 3.05) is 5.75 Å². The average Bonchev–Trinajstić information content (AvgIpc) is 2.65. The molecule has 1 aliphatic carbocycles. The van der Waals surface area contributed by atoms with Crippen LogP contribution in [0.3, 0.4) is 0 Å². The van der Waals surface area contributed by atoms with Crippen LogP contribution < -0.4 is 0 Å². The van der Waals surface area contributed by atoms with Gasteiger partial charge in [-0.3, -0.25) is 14.1 Å². The Hall–Kier alpha value is -1.66. The predicted molar refractivity (Wildman–Crippen MR) is 102 cm³/mol. The summed E-state index contributed by atoms with van der Waals surface area (Å²) in [6, 6.07) is 7.17. The molecule has 1 aliphatic rings. The predicted octanol–water partition coefficient (Wildman–Crippen LogP) is 3.66. The number of alkyl halides is 3. The first-order valence-electron chi connectivity index (χ1n) is 8.98. The highest BCUT2D eigenvalue weighted by Gasteiger charge is 2.46. The van der Waals surface area contributed by atoms with E-state index in [2.05, 4.69) is 20.7 Å². The summed E-state index contributed by atoms with van der Waals surface area (Å²) in [4.78, 5) is 24.2. The molecular formula is C18H20BrF3O7S. The SMILES string of the molecule is O=C(OCc1ccc(Br)cc1)C1CCC(C(=O)OC(CS(=O)(=O)O)C(F)(F)F)CC1. The first-order chi connectivity index (χ1) is 13.8. The van der Waals surface area contributed by atoms with E-state index in [0.717, 1.165) is 10.0 Å². The standard InChI is InChI=1S/C18H20BrF3O7S/c19-14-7-1-11(2-8-14)9-28-16(23)12-3-5-13(6-4-12)17(24)29-15(18(20,21)22)10-30(25,26)27/h1-2,7-8,12-13,15H,3-6,9-10H2,(H,25,26,27). The van der Waals surface area contributed by atoms with Crippen molar-refractivity contribution in [3.05, 3.63) is 34.3 Å². The molecule has 1 aromatic carbocycles. The van der Waals surface area contributed by atoms with Crippen LogP contribution in [0, 0.1) is 11.8 Å². The van der Waals surface area contributed by atoms with Gasteiger partial charge in [-0.2, -0.15) is 21.6 Å². The highest BCUT2D eigenvalue weighted by molar-refractivity contribution is 9.10. The van der Waals surface area contributed by atoms with Crippen LogP contribution in [0.25, 0.3) is 0 Å². The third-order valence-electron chi connectivity index (χ3n) is 4.67. The molecule has 30 heavy (non-hydrogen) atoms. The van der Waals surface area contributed by atoms with Crippen molar-refractivity contribution in [2.24, 2.45) is 11.8 Å². The summed E-state index contributed by atoms with van der Waals surface area (Å²) in [5, 5.41) is 0. The Morgan fingerprint density at radius 1 is 1.07 bits per heavy atom. The van der Waals surface area contributed by atoms with Gasteiger partial charge in [0, 0.05) is 4.47 Å². The van der Waals surface area contributed by atoms with Gasteiger partial charge < -0.3 is 9.47 Å². The molecule has 1 unspecified atom stereocenters. The van der Waals surface area contributed by atoms with E-state index in [4.69, 9.17) is 9.29 Å². The largest absolute Gasteiger partial charge is 0.461 e. The van der Waals surface area contributed by atoms with Gasteiger partial charge in [-0.05, 0) is 43.4 Å². The third kappa shape index (κ3) is 7.88. The second-order valence-corrected chi connectivity index (χ2v) is 9.41. The molecule has 1 atom stereocenters. The Morgan fingerprint density at radius 2 is 1.57 bits per heavy atom. The molecule has 12 heteroatoms. The molecule has 0 bridgehead atoms. The van der Waals surface area contributed by atoms with Crippen molar-refractivity contribution >= 4 is 38.0 Å². The molecule has 1 aromatic rings. The highest BCUT2D eigenvalue weighted by Crippen LogP contribution is 2.32. The zero-order valence-corrected chi connectivity index (χ0v) is 18.0. The van der Waals surface area contributed by atoms with Gasteiger partial charge in [-0.15, -0.1) is 0 Å². The Kier molecular flexibility index (Phi) is 8.28. The molecule has 0 spiro atoms. The van der Waals surface area contributed by atoms with Crippen LogP contribution in [0.5, 0.6) is 0 Å². The molecule has 0 aromatic heterocycles. The fourth-order valence-electron chi connectivity index (χ4n) is 3.04. The van der Waals surface area contributed by atoms with E-state index in [0.29, 0.717) is 0 Å². The zero-order chi connectivity index (χ0) is 22.5. The van der Waals surface area contributed by atoms with E-state index in [9.17, 15) is 31.2 Å². The lowest BCUT2D eigenvalue weighted by atomic mass is 9.82. The van der Waals surface area contributed by atoms with Gasteiger partial charge in [-0.25, -0.2) is 0 Å². The fourth-order valence-corrected chi connectivity index (χ4v) is 3.94. The van der Waals surface area contributed by atoms with E-state index in [1.54, 1.807) is 24.3 Å². The summed E-state index contributed by atoms with van der Waals surface area (Å²) in [6.07, 6.45) is -7.42. The number of esters is 2. The molecule has 7 nitrogen and oxygen atoms in total. The summed E-state index contributed by atoms with van der Waals surface area (Å²) >= 11 is 3.29. The summed E-state index contributed by atoms with van der Waals surface area (Å²) < 4.78 is 79.2. The lowest BCUT2D eigenvalue weighted by molar-refractivity contribution is -0.218. The van der Waals surface area contributed by atoms with Gasteiger partial charge in [0.25, 0.3) is 10.1 Å². The summed E-state index contributed by atoms with van der Waals surface area (Å²) in [5.74, 6) is -4.81. The van der Waals surface area contributed by atoms with Crippen molar-refractivity contribution in [3.63, 3.8) is 0 Å². The third-order valence-corrected chi connectivity index (χ3v) is 5.93. The molecule has 0 aliphatic heterocycles. The minimum absolute atomic E-state index is 0.0803. The Bertz CT molecular complexity index is 848. The normalized spacial score (nSPS) is 21.0. The molecule has 0 amide bonds. The summed E-state index contributed by atoms with van der Waals surface area (Å²) in [7, 11) is -5.00. The van der Waals surface area contributed by atoms with Crippen molar-refractivity contribution in [1.29, 1.82) is 0 Å². The van der Waals surface area contributed by atoms with E-state index in [-0.39, 0.29) is 32.3 Å². The number of carbonyl (C=O) groups is 2. The van der Waals surface area contributed by atoms with E-state index >= 15 is 0 Å². The van der Waals surface area contributed by atoms with Gasteiger partial charge in [0.15, 0.2) is 0 Å². The van der Waals surface area contributed by atoms with E-state index in [1.165, 1.54) is 0 Å². The van der Waals surface area contributed by atoms with E-state index in [1.807, 2.05) is 0 Å². The highest BCUT2D eigenvalue weighted by atomic mass is 79.9. The Morgan fingerprint density at radius 3 is 2.03 bits per heavy atom. The Balaban J connectivity index is 1.84. The van der Waals surface area contributed by atoms with Crippen LogP contribution in [0.2, 0.25) is 0 Å². The van der Waals surface area contributed by atoms with Crippen LogP contribution >= 0.6 is 15.9 Å². The van der Waals surface area contributed by atoms with Crippen LogP contribution in [0.4, 0.5) is 13.2 Å². The monoisotopic (exact) mass is 516 g/mol. The smallest absolute Gasteiger partial charge is 0.426 e. The van der Waals surface area contributed by atoms with Gasteiger partial charge in [0.2, 0.25) is 6.10 Å². The lowest BCUT2D eigenvalue weighted by Crippen LogP contribution is -2.41. The van der Waals surface area contributed by atoms with Crippen molar-refractivity contribution in [1.82, 2.24) is 0 Å². The molecule has 0 saturated heterocycles. The number of hydrogen-bond donors (Lipinski definition) is 1. The maximum Gasteiger partial charge on any atom is 0.426 e. The molecule has 1 N–H and O–H groups in total. The minimum Gasteiger partial charge on any atom is -0.461 e. The topological polar surface area (TPSA) is 107 Å². The number of benzene rings is 1. The minimum atomic E-state index is -5.14. The Labute approximate surface area is 179 Å². The molecule has 1 saturated carbocycles. The number of hydrogen-bond acceptors (Lipinski definition) is 6. The van der Waals surface area contributed by atoms with Crippen molar-refractivity contribution in [2.45, 2.75) is 44.6 Å². The number of ether oxygens (including phenoxy) is 2. The first kappa shape index (κ1) is 24.6. The van der Waals surface area contributed by atoms with E-state index < -0.39 is 51.9 Å². The second-order valence-electron chi connectivity index (χ2n) is 7.00. The van der Waals surface area contributed by atoms with Crippen molar-refractivity contribution in [3.8, 4) is 0 Å². The van der Waals surface area contributed by atoms with Crippen molar-refractivity contribution < 1.29 is 45.2 Å². The maximum atomic E-state index is 12.9. The second kappa shape index (κ2) is 10.1.